The first-order valence-corrected chi connectivity index (χ1v) is 12.2. The van der Waals surface area contributed by atoms with Crippen LogP contribution in [0.5, 0.6) is 11.5 Å². The maximum atomic E-state index is 12.9. The molecule has 4 rings (SSSR count). The SMILES string of the molecule is COCCOc1ccc(C(=O)Nc2cccc3c(NC(=O)c4ccc(OCCOC)cc4)cccc23)cc1. The molecule has 0 saturated heterocycles. The molecule has 0 aromatic heterocycles. The largest absolute Gasteiger partial charge is 0.491 e. The Kier molecular flexibility index (Phi) is 9.28. The van der Waals surface area contributed by atoms with Crippen LogP contribution in [-0.4, -0.2) is 52.5 Å². The molecular weight excluding hydrogens is 484 g/mol. The third kappa shape index (κ3) is 6.88. The second-order valence-corrected chi connectivity index (χ2v) is 8.35. The standard InChI is InChI=1S/C30H30N2O6/c1-35-17-19-37-23-13-9-21(10-14-23)29(33)31-27-7-3-6-26-25(27)5-4-8-28(26)32-30(34)22-11-15-24(16-12-22)38-20-18-36-2/h3-16H,17-20H2,1-2H3,(H,31,33)(H,32,34). The molecule has 0 unspecified atom stereocenters. The molecule has 2 amide bonds. The Hall–Kier alpha value is -4.40. The summed E-state index contributed by atoms with van der Waals surface area (Å²) in [5, 5.41) is 7.57. The van der Waals surface area contributed by atoms with Crippen LogP contribution in [0, 0.1) is 0 Å². The molecule has 0 aliphatic carbocycles. The molecule has 0 bridgehead atoms. The maximum Gasteiger partial charge on any atom is 0.255 e. The molecule has 2 N–H and O–H groups in total. The van der Waals surface area contributed by atoms with E-state index in [-0.39, 0.29) is 11.8 Å². The molecule has 0 atom stereocenters. The zero-order chi connectivity index (χ0) is 26.7. The van der Waals surface area contributed by atoms with E-state index in [1.807, 2.05) is 36.4 Å². The van der Waals surface area contributed by atoms with Crippen molar-refractivity contribution in [1.82, 2.24) is 0 Å². The normalized spacial score (nSPS) is 10.7. The zero-order valence-electron chi connectivity index (χ0n) is 21.4. The van der Waals surface area contributed by atoms with Crippen molar-refractivity contribution in [3.05, 3.63) is 96.1 Å². The van der Waals surface area contributed by atoms with Crippen LogP contribution in [0.3, 0.4) is 0 Å². The summed E-state index contributed by atoms with van der Waals surface area (Å²) < 4.78 is 21.1. The van der Waals surface area contributed by atoms with Gasteiger partial charge in [0.25, 0.3) is 11.8 Å². The lowest BCUT2D eigenvalue weighted by atomic mass is 10.1. The number of hydrogen-bond donors (Lipinski definition) is 2. The Labute approximate surface area is 221 Å². The van der Waals surface area contributed by atoms with Crippen LogP contribution in [0.1, 0.15) is 20.7 Å². The van der Waals surface area contributed by atoms with Crippen LogP contribution in [0.4, 0.5) is 11.4 Å². The summed E-state index contributed by atoms with van der Waals surface area (Å²) in [7, 11) is 3.22. The van der Waals surface area contributed by atoms with E-state index in [0.29, 0.717) is 60.4 Å². The Morgan fingerprint density at radius 2 is 0.947 bits per heavy atom. The van der Waals surface area contributed by atoms with Gasteiger partial charge in [0.05, 0.1) is 13.2 Å². The average Bonchev–Trinajstić information content (AvgIpc) is 2.94. The highest BCUT2D eigenvalue weighted by Crippen LogP contribution is 2.30. The molecule has 8 heteroatoms. The minimum absolute atomic E-state index is 0.247. The average molecular weight is 515 g/mol. The van der Waals surface area contributed by atoms with Crippen molar-refractivity contribution in [1.29, 1.82) is 0 Å². The fourth-order valence-electron chi connectivity index (χ4n) is 3.81. The Morgan fingerprint density at radius 1 is 0.553 bits per heavy atom. The van der Waals surface area contributed by atoms with Crippen LogP contribution < -0.4 is 20.1 Å². The summed E-state index contributed by atoms with van der Waals surface area (Å²) in [4.78, 5) is 25.9. The molecule has 0 radical (unpaired) electrons. The van der Waals surface area contributed by atoms with Gasteiger partial charge in [-0.25, -0.2) is 0 Å². The third-order valence-corrected chi connectivity index (χ3v) is 5.76. The number of hydrogen-bond acceptors (Lipinski definition) is 6. The molecule has 0 aliphatic heterocycles. The highest BCUT2D eigenvalue weighted by Gasteiger charge is 2.13. The number of fused-ring (bicyclic) bond motifs is 1. The Bertz CT molecular complexity index is 1260. The van der Waals surface area contributed by atoms with Crippen molar-refractivity contribution >= 4 is 34.0 Å². The van der Waals surface area contributed by atoms with Gasteiger partial charge < -0.3 is 29.6 Å². The number of methoxy groups -OCH3 is 2. The van der Waals surface area contributed by atoms with E-state index in [1.165, 1.54) is 0 Å². The molecule has 4 aromatic carbocycles. The van der Waals surface area contributed by atoms with Gasteiger partial charge in [-0.3, -0.25) is 9.59 Å². The smallest absolute Gasteiger partial charge is 0.255 e. The van der Waals surface area contributed by atoms with E-state index in [1.54, 1.807) is 62.8 Å². The number of anilines is 2. The lowest BCUT2D eigenvalue weighted by Crippen LogP contribution is -2.13. The minimum Gasteiger partial charge on any atom is -0.491 e. The molecule has 38 heavy (non-hydrogen) atoms. The van der Waals surface area contributed by atoms with E-state index in [2.05, 4.69) is 10.6 Å². The first-order chi connectivity index (χ1) is 18.6. The number of carbonyl (C=O) groups excluding carboxylic acids is 2. The second kappa shape index (κ2) is 13.2. The predicted octanol–water partition coefficient (Wildman–Crippen LogP) is 5.39. The van der Waals surface area contributed by atoms with Gasteiger partial charge in [-0.1, -0.05) is 24.3 Å². The van der Waals surface area contributed by atoms with Crippen LogP contribution in [0.25, 0.3) is 10.8 Å². The summed E-state index contributed by atoms with van der Waals surface area (Å²) in [6.45, 7) is 1.85. The van der Waals surface area contributed by atoms with Crippen molar-refractivity contribution in [3.8, 4) is 11.5 Å². The van der Waals surface area contributed by atoms with Crippen molar-refractivity contribution in [3.63, 3.8) is 0 Å². The quantitative estimate of drug-likeness (QED) is 0.246. The predicted molar refractivity (Wildman–Crippen MR) is 147 cm³/mol. The summed E-state index contributed by atoms with van der Waals surface area (Å²) in [5.74, 6) is 0.834. The lowest BCUT2D eigenvalue weighted by Gasteiger charge is -2.13. The van der Waals surface area contributed by atoms with E-state index in [4.69, 9.17) is 18.9 Å². The van der Waals surface area contributed by atoms with E-state index in [0.717, 1.165) is 10.8 Å². The molecular formula is C30H30N2O6. The van der Waals surface area contributed by atoms with Gasteiger partial charge in [0.2, 0.25) is 0 Å². The van der Waals surface area contributed by atoms with Gasteiger partial charge in [-0.2, -0.15) is 0 Å². The van der Waals surface area contributed by atoms with E-state index >= 15 is 0 Å². The number of amides is 2. The van der Waals surface area contributed by atoms with Crippen LogP contribution in [0.15, 0.2) is 84.9 Å². The summed E-state index contributed by atoms with van der Waals surface area (Å²) in [5.41, 5.74) is 2.28. The second-order valence-electron chi connectivity index (χ2n) is 8.35. The molecule has 0 fully saturated rings. The van der Waals surface area contributed by atoms with Crippen LogP contribution in [0.2, 0.25) is 0 Å². The lowest BCUT2D eigenvalue weighted by molar-refractivity contribution is 0.101. The number of ether oxygens (including phenoxy) is 4. The van der Waals surface area contributed by atoms with Crippen molar-refractivity contribution in [2.24, 2.45) is 0 Å². The Morgan fingerprint density at radius 3 is 1.32 bits per heavy atom. The molecule has 0 saturated carbocycles. The topological polar surface area (TPSA) is 95.1 Å². The first kappa shape index (κ1) is 26.7. The summed E-state index contributed by atoms with van der Waals surface area (Å²) in [6.07, 6.45) is 0. The number of carbonyl (C=O) groups is 2. The minimum atomic E-state index is -0.247. The van der Waals surface area contributed by atoms with Gasteiger partial charge in [0.1, 0.15) is 24.7 Å². The van der Waals surface area contributed by atoms with Gasteiger partial charge >= 0.3 is 0 Å². The fourth-order valence-corrected chi connectivity index (χ4v) is 3.81. The molecule has 0 heterocycles. The van der Waals surface area contributed by atoms with Crippen LogP contribution >= 0.6 is 0 Å². The van der Waals surface area contributed by atoms with Gasteiger partial charge in [-0.05, 0) is 60.7 Å². The molecule has 0 aliphatic rings. The summed E-state index contributed by atoms with van der Waals surface area (Å²) in [6, 6.07) is 25.0. The highest BCUT2D eigenvalue weighted by atomic mass is 16.5. The molecule has 0 spiro atoms. The van der Waals surface area contributed by atoms with Gasteiger partial charge in [-0.15, -0.1) is 0 Å². The van der Waals surface area contributed by atoms with Crippen molar-refractivity contribution in [2.75, 3.05) is 51.3 Å². The maximum absolute atomic E-state index is 12.9. The molecule has 196 valence electrons. The summed E-state index contributed by atoms with van der Waals surface area (Å²) >= 11 is 0. The van der Waals surface area contributed by atoms with Crippen molar-refractivity contribution < 1.29 is 28.5 Å². The zero-order valence-corrected chi connectivity index (χ0v) is 21.4. The van der Waals surface area contributed by atoms with Gasteiger partial charge in [0, 0.05) is 47.5 Å². The molecule has 8 nitrogen and oxygen atoms in total. The van der Waals surface area contributed by atoms with Gasteiger partial charge in [0.15, 0.2) is 0 Å². The number of nitrogens with one attached hydrogen (secondary N) is 2. The first-order valence-electron chi connectivity index (χ1n) is 12.2. The Balaban J connectivity index is 1.46. The monoisotopic (exact) mass is 514 g/mol. The fraction of sp³-hybridized carbons (Fsp3) is 0.200. The number of benzene rings is 4. The highest BCUT2D eigenvalue weighted by molar-refractivity contribution is 6.14. The third-order valence-electron chi connectivity index (χ3n) is 5.76. The van der Waals surface area contributed by atoms with Crippen molar-refractivity contribution in [2.45, 2.75) is 0 Å². The van der Waals surface area contributed by atoms with Crippen LogP contribution in [-0.2, 0) is 9.47 Å². The number of rotatable bonds is 12. The van der Waals surface area contributed by atoms with E-state index in [9.17, 15) is 9.59 Å². The van der Waals surface area contributed by atoms with E-state index < -0.39 is 0 Å². The molecule has 4 aromatic rings.